The van der Waals surface area contributed by atoms with Gasteiger partial charge in [-0.15, -0.1) is 0 Å². The molecule has 0 saturated carbocycles. The summed E-state index contributed by atoms with van der Waals surface area (Å²) in [5.74, 6) is 0. The molecule has 0 aliphatic carbocycles. The first-order valence-electron chi connectivity index (χ1n) is 0. The van der Waals surface area contributed by atoms with Crippen molar-refractivity contribution in [1.82, 2.24) is 24.6 Å². The molecule has 0 spiro atoms. The Morgan fingerprint density at radius 3 is 0.300 bits per heavy atom. The number of hydrogen-bond acceptors (Lipinski definition) is 4. The third kappa shape index (κ3) is 162. The molecule has 0 heterocycles. The molecule has 0 bridgehead atoms. The van der Waals surface area contributed by atoms with E-state index in [2.05, 4.69) is 0 Å². The van der Waals surface area contributed by atoms with E-state index in [1.165, 1.54) is 0 Å². The Morgan fingerprint density at radius 1 is 0.300 bits per heavy atom. The molecule has 0 radical (unpaired) electrons. The van der Waals surface area contributed by atoms with Crippen molar-refractivity contribution in [2.24, 2.45) is 0 Å². The third-order valence-corrected chi connectivity index (χ3v) is 0. The van der Waals surface area contributed by atoms with Crippen LogP contribution in [0.25, 0.3) is 0 Å². The summed E-state index contributed by atoms with van der Waals surface area (Å²) in [5, 5.41) is 0. The van der Waals surface area contributed by atoms with Gasteiger partial charge < -0.3 is 74.2 Å². The van der Waals surface area contributed by atoms with E-state index < -0.39 is 0 Å². The first-order valence-corrected chi connectivity index (χ1v) is 0. The van der Waals surface area contributed by atoms with E-state index in [0.717, 1.165) is 0 Å². The van der Waals surface area contributed by atoms with Crippen LogP contribution in [-0.2, 0) is 42.1 Å². The van der Waals surface area contributed by atoms with E-state index >= 15 is 0 Å². The smallest absolute Gasteiger partial charge is 1.00 e. The molecule has 0 aliphatic heterocycles. The monoisotopic (exact) mass is 598 g/mol. The molecule has 0 atom stereocenters. The van der Waals surface area contributed by atoms with Crippen molar-refractivity contribution < 1.29 is 91.8 Å². The fraction of sp³-hybridized carbons (Fsp3) is 0. The maximum Gasteiger partial charge on any atom is 2.00 e. The molecule has 0 amide bonds. The van der Waals surface area contributed by atoms with Gasteiger partial charge in [-0.3, -0.25) is 0 Å². The van der Waals surface area contributed by atoms with Crippen molar-refractivity contribution in [2.75, 3.05) is 0 Å². The van der Waals surface area contributed by atoms with Gasteiger partial charge in [0.05, 0.1) is 0 Å². The Kier molecular flexibility index (Phi) is 6150. The van der Waals surface area contributed by atoms with Crippen LogP contribution in [0.2, 0.25) is 0 Å². The Hall–Kier alpha value is 2.38. The second-order valence-corrected chi connectivity index (χ2v) is 0. The zero-order valence-corrected chi connectivity index (χ0v) is 12.5. The molecule has 80 valence electrons. The SMILES string of the molecule is N.N.N.N.[Cl-].[Cl-].[Cl-].[Cl-].[Pt+2].[Pt+2]. The molecule has 12 N–H and O–H groups in total. The van der Waals surface area contributed by atoms with Crippen molar-refractivity contribution in [3.05, 3.63) is 0 Å². The van der Waals surface area contributed by atoms with Crippen LogP contribution in [0.4, 0.5) is 0 Å². The largest absolute Gasteiger partial charge is 2.00 e. The predicted octanol–water partition coefficient (Wildman–Crippen LogP) is -11.3. The summed E-state index contributed by atoms with van der Waals surface area (Å²) in [6, 6.07) is 0. The molecule has 4 nitrogen and oxygen atoms in total. The Morgan fingerprint density at radius 2 is 0.300 bits per heavy atom. The maximum atomic E-state index is 0. The minimum Gasteiger partial charge on any atom is -1.00 e. The van der Waals surface area contributed by atoms with Gasteiger partial charge in [0.2, 0.25) is 0 Å². The summed E-state index contributed by atoms with van der Waals surface area (Å²) in [7, 11) is 0. The molecule has 10 heteroatoms. The van der Waals surface area contributed by atoms with Crippen LogP contribution in [0.3, 0.4) is 0 Å². The quantitative estimate of drug-likeness (QED) is 0.220. The summed E-state index contributed by atoms with van der Waals surface area (Å²) in [6.45, 7) is 0. The molecule has 10 heavy (non-hydrogen) atoms. The average molecular weight is 600 g/mol. The van der Waals surface area contributed by atoms with Gasteiger partial charge >= 0.3 is 42.1 Å². The van der Waals surface area contributed by atoms with E-state index in [-0.39, 0.29) is 116 Å². The minimum absolute atomic E-state index is 0. The molecule has 0 unspecified atom stereocenters. The summed E-state index contributed by atoms with van der Waals surface area (Å²) in [6.07, 6.45) is 0. The van der Waals surface area contributed by atoms with E-state index in [1.807, 2.05) is 0 Å². The van der Waals surface area contributed by atoms with E-state index in [9.17, 15) is 0 Å². The van der Waals surface area contributed by atoms with E-state index in [4.69, 9.17) is 0 Å². The summed E-state index contributed by atoms with van der Waals surface area (Å²) >= 11 is 0. The fourth-order valence-corrected chi connectivity index (χ4v) is 0. The Balaban J connectivity index is 0. The van der Waals surface area contributed by atoms with Gasteiger partial charge in [-0.25, -0.2) is 0 Å². The first-order chi connectivity index (χ1) is 0. The number of rotatable bonds is 0. The van der Waals surface area contributed by atoms with Gasteiger partial charge in [0.25, 0.3) is 0 Å². The molecule has 0 aromatic carbocycles. The van der Waals surface area contributed by atoms with Gasteiger partial charge in [-0.2, -0.15) is 0 Å². The first kappa shape index (κ1) is 284. The second kappa shape index (κ2) is 217. The van der Waals surface area contributed by atoms with Crippen LogP contribution in [0.1, 0.15) is 0 Å². The van der Waals surface area contributed by atoms with Crippen molar-refractivity contribution in [1.29, 1.82) is 0 Å². The van der Waals surface area contributed by atoms with Crippen molar-refractivity contribution in [2.45, 2.75) is 0 Å². The van der Waals surface area contributed by atoms with Crippen molar-refractivity contribution >= 4 is 0 Å². The van der Waals surface area contributed by atoms with Gasteiger partial charge in [0.15, 0.2) is 0 Å². The third-order valence-electron chi connectivity index (χ3n) is 0. The average Bonchev–Trinajstić information content (AvgIpc) is 0. The van der Waals surface area contributed by atoms with Crippen molar-refractivity contribution in [3.8, 4) is 0 Å². The van der Waals surface area contributed by atoms with Crippen LogP contribution in [0, 0.1) is 0 Å². The summed E-state index contributed by atoms with van der Waals surface area (Å²) in [4.78, 5) is 0. The molecule has 0 aromatic rings. The van der Waals surface area contributed by atoms with E-state index in [0.29, 0.717) is 0 Å². The Labute approximate surface area is 115 Å². The topological polar surface area (TPSA) is 140 Å². The summed E-state index contributed by atoms with van der Waals surface area (Å²) in [5.41, 5.74) is 0. The van der Waals surface area contributed by atoms with Crippen LogP contribution < -0.4 is 74.2 Å². The zero-order valence-electron chi connectivity index (χ0n) is 4.97. The Bertz CT molecular complexity index is 15.2. The van der Waals surface area contributed by atoms with Crippen LogP contribution in [0.15, 0.2) is 0 Å². The predicted molar refractivity (Wildman–Crippen MR) is 20.1 cm³/mol. The molecule has 0 aromatic heterocycles. The molecule has 0 fully saturated rings. The van der Waals surface area contributed by atoms with Crippen LogP contribution in [-0.4, -0.2) is 0 Å². The van der Waals surface area contributed by atoms with E-state index in [1.54, 1.807) is 0 Å². The van der Waals surface area contributed by atoms with Gasteiger partial charge in [0.1, 0.15) is 0 Å². The summed E-state index contributed by atoms with van der Waals surface area (Å²) < 4.78 is 0. The molecular formula is H12Cl4N4Pt2. The minimum atomic E-state index is 0. The standard InChI is InChI=1S/4ClH.4H3N.2Pt/h4*1H;4*1H3;;/q;;;;;;;;2*+2/p-4. The van der Waals surface area contributed by atoms with Gasteiger partial charge in [0, 0.05) is 0 Å². The van der Waals surface area contributed by atoms with Crippen LogP contribution >= 0.6 is 0 Å². The molecule has 0 rings (SSSR count). The molecule has 0 aliphatic rings. The molecular weight excluding hydrogens is 588 g/mol. The van der Waals surface area contributed by atoms with Gasteiger partial charge in [-0.1, -0.05) is 0 Å². The van der Waals surface area contributed by atoms with Gasteiger partial charge in [-0.05, 0) is 0 Å². The molecule has 0 saturated heterocycles. The number of hydrogen-bond donors (Lipinski definition) is 4. The second-order valence-electron chi connectivity index (χ2n) is 0. The van der Waals surface area contributed by atoms with Crippen molar-refractivity contribution in [3.63, 3.8) is 0 Å². The zero-order chi connectivity index (χ0) is 0. The van der Waals surface area contributed by atoms with Crippen LogP contribution in [0.5, 0.6) is 0 Å². The number of halogens is 4. The fourth-order valence-electron chi connectivity index (χ4n) is 0. The maximum absolute atomic E-state index is 0. The normalized spacial score (nSPS) is 0.